The van der Waals surface area contributed by atoms with Gasteiger partial charge in [0.1, 0.15) is 0 Å². The molecule has 0 bridgehead atoms. The van der Waals surface area contributed by atoms with Crippen LogP contribution in [0.3, 0.4) is 0 Å². The third-order valence-corrected chi connectivity index (χ3v) is 4.73. The van der Waals surface area contributed by atoms with Crippen LogP contribution >= 0.6 is 0 Å². The zero-order valence-electron chi connectivity index (χ0n) is 14.7. The van der Waals surface area contributed by atoms with Crippen LogP contribution in [0.2, 0.25) is 0 Å². The number of benzene rings is 1. The van der Waals surface area contributed by atoms with Gasteiger partial charge in [-0.05, 0) is 31.4 Å². The monoisotopic (exact) mass is 339 g/mol. The van der Waals surface area contributed by atoms with E-state index in [1.807, 2.05) is 9.80 Å². The summed E-state index contributed by atoms with van der Waals surface area (Å²) in [4.78, 5) is 31.6. The summed E-state index contributed by atoms with van der Waals surface area (Å²) in [7, 11) is 0. The van der Waals surface area contributed by atoms with Crippen molar-refractivity contribution in [1.82, 2.24) is 14.8 Å². The number of aromatic nitrogens is 1. The summed E-state index contributed by atoms with van der Waals surface area (Å²) in [5.41, 5.74) is 3.10. The second-order valence-corrected chi connectivity index (χ2v) is 6.61. The minimum atomic E-state index is 0.0372. The SMILES string of the molecule is Cc1ccc(CCC(=O)N2CCCN(C(=O)c3cc[nH]c3)CC2)cc1. The van der Waals surface area contributed by atoms with Crippen LogP contribution in [-0.2, 0) is 11.2 Å². The number of carbonyl (C=O) groups excluding carboxylic acids is 2. The van der Waals surface area contributed by atoms with Crippen molar-refractivity contribution >= 4 is 11.8 Å². The second kappa shape index (κ2) is 8.01. The van der Waals surface area contributed by atoms with Crippen LogP contribution in [0, 0.1) is 6.92 Å². The minimum Gasteiger partial charge on any atom is -0.367 e. The summed E-state index contributed by atoms with van der Waals surface area (Å²) in [6, 6.07) is 10.1. The topological polar surface area (TPSA) is 56.4 Å². The van der Waals surface area contributed by atoms with E-state index in [-0.39, 0.29) is 11.8 Å². The molecule has 3 rings (SSSR count). The molecule has 2 heterocycles. The smallest absolute Gasteiger partial charge is 0.255 e. The van der Waals surface area contributed by atoms with Crippen LogP contribution in [0.1, 0.15) is 34.3 Å². The highest BCUT2D eigenvalue weighted by molar-refractivity contribution is 5.94. The van der Waals surface area contributed by atoms with E-state index in [0.29, 0.717) is 31.6 Å². The van der Waals surface area contributed by atoms with Crippen molar-refractivity contribution in [2.24, 2.45) is 0 Å². The van der Waals surface area contributed by atoms with E-state index < -0.39 is 0 Å². The zero-order chi connectivity index (χ0) is 17.6. The Morgan fingerprint density at radius 2 is 1.72 bits per heavy atom. The Balaban J connectivity index is 1.51. The molecule has 0 aliphatic carbocycles. The van der Waals surface area contributed by atoms with Gasteiger partial charge in [0.05, 0.1) is 5.56 Å². The van der Waals surface area contributed by atoms with Gasteiger partial charge in [0, 0.05) is 45.0 Å². The second-order valence-electron chi connectivity index (χ2n) is 6.61. The van der Waals surface area contributed by atoms with E-state index in [4.69, 9.17) is 0 Å². The van der Waals surface area contributed by atoms with E-state index >= 15 is 0 Å². The fraction of sp³-hybridized carbons (Fsp3) is 0.400. The first-order valence-electron chi connectivity index (χ1n) is 8.89. The molecule has 0 spiro atoms. The van der Waals surface area contributed by atoms with Crippen LogP contribution in [0.5, 0.6) is 0 Å². The van der Waals surface area contributed by atoms with Crippen molar-refractivity contribution < 1.29 is 9.59 Å². The van der Waals surface area contributed by atoms with Gasteiger partial charge < -0.3 is 14.8 Å². The Kier molecular flexibility index (Phi) is 5.53. The molecule has 2 aromatic rings. The van der Waals surface area contributed by atoms with Crippen molar-refractivity contribution in [1.29, 1.82) is 0 Å². The highest BCUT2D eigenvalue weighted by Gasteiger charge is 2.22. The van der Waals surface area contributed by atoms with Crippen LogP contribution in [0.15, 0.2) is 42.7 Å². The molecule has 0 unspecified atom stereocenters. The Bertz CT molecular complexity index is 707. The Morgan fingerprint density at radius 1 is 1.00 bits per heavy atom. The van der Waals surface area contributed by atoms with E-state index in [2.05, 4.69) is 36.2 Å². The number of aryl methyl sites for hydroxylation is 2. The Labute approximate surface area is 148 Å². The van der Waals surface area contributed by atoms with Gasteiger partial charge in [0.15, 0.2) is 0 Å². The molecule has 0 atom stereocenters. The van der Waals surface area contributed by atoms with E-state index in [9.17, 15) is 9.59 Å². The van der Waals surface area contributed by atoms with Crippen molar-refractivity contribution in [2.45, 2.75) is 26.2 Å². The molecule has 1 fully saturated rings. The van der Waals surface area contributed by atoms with Crippen molar-refractivity contribution in [3.8, 4) is 0 Å². The van der Waals surface area contributed by atoms with Crippen LogP contribution in [0.25, 0.3) is 0 Å². The molecule has 5 heteroatoms. The quantitative estimate of drug-likeness (QED) is 0.931. The summed E-state index contributed by atoms with van der Waals surface area (Å²) in [6.45, 7) is 4.70. The number of H-pyrrole nitrogens is 1. The number of hydrogen-bond acceptors (Lipinski definition) is 2. The summed E-state index contributed by atoms with van der Waals surface area (Å²) < 4.78 is 0. The van der Waals surface area contributed by atoms with Crippen molar-refractivity contribution in [3.63, 3.8) is 0 Å². The van der Waals surface area contributed by atoms with Gasteiger partial charge in [0.25, 0.3) is 5.91 Å². The molecular formula is C20H25N3O2. The molecule has 1 aliphatic rings. The fourth-order valence-electron chi connectivity index (χ4n) is 3.17. The van der Waals surface area contributed by atoms with Gasteiger partial charge in [-0.1, -0.05) is 29.8 Å². The first kappa shape index (κ1) is 17.3. The summed E-state index contributed by atoms with van der Waals surface area (Å²) in [5, 5.41) is 0. The minimum absolute atomic E-state index is 0.0372. The predicted octanol–water partition coefficient (Wildman–Crippen LogP) is 2.63. The lowest BCUT2D eigenvalue weighted by atomic mass is 10.1. The predicted molar refractivity (Wildman–Crippen MR) is 97.4 cm³/mol. The van der Waals surface area contributed by atoms with Gasteiger partial charge >= 0.3 is 0 Å². The van der Waals surface area contributed by atoms with E-state index in [1.54, 1.807) is 18.5 Å². The van der Waals surface area contributed by atoms with E-state index in [1.165, 1.54) is 11.1 Å². The van der Waals surface area contributed by atoms with Gasteiger partial charge in [-0.3, -0.25) is 9.59 Å². The largest absolute Gasteiger partial charge is 0.367 e. The van der Waals surface area contributed by atoms with E-state index in [0.717, 1.165) is 19.4 Å². The van der Waals surface area contributed by atoms with Crippen molar-refractivity contribution in [2.75, 3.05) is 26.2 Å². The normalized spacial score (nSPS) is 15.1. The summed E-state index contributed by atoms with van der Waals surface area (Å²) >= 11 is 0. The standard InChI is InChI=1S/C20H25N3O2/c1-16-3-5-17(6-4-16)7-8-19(24)22-11-2-12-23(14-13-22)20(25)18-9-10-21-15-18/h3-6,9-10,15,21H,2,7-8,11-14H2,1H3. The molecule has 2 amide bonds. The van der Waals surface area contributed by atoms with Gasteiger partial charge in [0.2, 0.25) is 5.91 Å². The average Bonchev–Trinajstić information content (AvgIpc) is 3.05. The van der Waals surface area contributed by atoms with Crippen LogP contribution in [-0.4, -0.2) is 52.8 Å². The lowest BCUT2D eigenvalue weighted by Crippen LogP contribution is -2.37. The lowest BCUT2D eigenvalue weighted by molar-refractivity contribution is -0.131. The first-order chi connectivity index (χ1) is 12.1. The molecular weight excluding hydrogens is 314 g/mol. The third-order valence-electron chi connectivity index (χ3n) is 4.73. The molecule has 1 saturated heterocycles. The van der Waals surface area contributed by atoms with Gasteiger partial charge in [-0.15, -0.1) is 0 Å². The molecule has 0 radical (unpaired) electrons. The lowest BCUT2D eigenvalue weighted by Gasteiger charge is -2.22. The molecule has 1 N–H and O–H groups in total. The number of carbonyl (C=O) groups is 2. The molecule has 5 nitrogen and oxygen atoms in total. The van der Waals surface area contributed by atoms with Gasteiger partial charge in [-0.25, -0.2) is 0 Å². The fourth-order valence-corrected chi connectivity index (χ4v) is 3.17. The Morgan fingerprint density at radius 3 is 2.44 bits per heavy atom. The number of rotatable bonds is 4. The highest BCUT2D eigenvalue weighted by atomic mass is 16.2. The summed E-state index contributed by atoms with van der Waals surface area (Å²) in [6.07, 6.45) is 5.59. The molecule has 25 heavy (non-hydrogen) atoms. The maximum Gasteiger partial charge on any atom is 0.255 e. The van der Waals surface area contributed by atoms with Crippen molar-refractivity contribution in [3.05, 3.63) is 59.4 Å². The zero-order valence-corrected chi connectivity index (χ0v) is 14.7. The molecule has 1 aromatic heterocycles. The third kappa shape index (κ3) is 4.50. The number of amides is 2. The first-order valence-corrected chi connectivity index (χ1v) is 8.89. The highest BCUT2D eigenvalue weighted by Crippen LogP contribution is 2.11. The maximum absolute atomic E-state index is 12.5. The average molecular weight is 339 g/mol. The number of nitrogens with one attached hydrogen (secondary N) is 1. The summed E-state index contributed by atoms with van der Waals surface area (Å²) in [5.74, 6) is 0.215. The number of hydrogen-bond donors (Lipinski definition) is 1. The maximum atomic E-state index is 12.5. The number of aromatic amines is 1. The van der Waals surface area contributed by atoms with Crippen LogP contribution in [0.4, 0.5) is 0 Å². The number of nitrogens with zero attached hydrogens (tertiary/aromatic N) is 2. The molecule has 1 aliphatic heterocycles. The molecule has 0 saturated carbocycles. The van der Waals surface area contributed by atoms with Crippen LogP contribution < -0.4 is 0 Å². The molecule has 132 valence electrons. The van der Waals surface area contributed by atoms with Gasteiger partial charge in [-0.2, -0.15) is 0 Å². The Hall–Kier alpha value is -2.56. The molecule has 1 aromatic carbocycles.